The van der Waals surface area contributed by atoms with E-state index >= 15 is 0 Å². The smallest absolute Gasteiger partial charge is 0.417 e. The van der Waals surface area contributed by atoms with Gasteiger partial charge in [-0.3, -0.25) is 14.6 Å². The number of fused-ring (bicyclic) bond motifs is 1. The van der Waals surface area contributed by atoms with E-state index in [0.29, 0.717) is 11.8 Å². The highest BCUT2D eigenvalue weighted by Gasteiger charge is 2.34. The fraction of sp³-hybridized carbons (Fsp3) is 0.222. The highest BCUT2D eigenvalue weighted by atomic mass is 19.4. The Balaban J connectivity index is 1.91. The Bertz CT molecular complexity index is 1050. The average Bonchev–Trinajstić information content (AvgIpc) is 3.04. The molecule has 0 saturated carbocycles. The molecule has 2 N–H and O–H groups in total. The fourth-order valence-electron chi connectivity index (χ4n) is 2.65. The zero-order chi connectivity index (χ0) is 19.8. The summed E-state index contributed by atoms with van der Waals surface area (Å²) in [6.07, 6.45) is -4.75. The van der Waals surface area contributed by atoms with Crippen LogP contribution in [0.3, 0.4) is 0 Å². The number of hydrogen-bond donors (Lipinski definition) is 2. The van der Waals surface area contributed by atoms with Gasteiger partial charge in [-0.1, -0.05) is 12.1 Å². The molecular weight excluding hydrogens is 365 g/mol. The van der Waals surface area contributed by atoms with Crippen molar-refractivity contribution in [3.05, 3.63) is 63.6 Å². The Labute approximate surface area is 150 Å². The molecule has 1 unspecified atom stereocenters. The fourth-order valence-corrected chi connectivity index (χ4v) is 2.65. The third-order valence-corrected chi connectivity index (χ3v) is 4.00. The second kappa shape index (κ2) is 6.82. The number of amides is 1. The number of benzene rings is 1. The zero-order valence-electron chi connectivity index (χ0n) is 14.3. The van der Waals surface area contributed by atoms with Crippen molar-refractivity contribution in [3.63, 3.8) is 0 Å². The van der Waals surface area contributed by atoms with Gasteiger partial charge in [-0.15, -0.1) is 0 Å². The second-order valence-corrected chi connectivity index (χ2v) is 5.87. The van der Waals surface area contributed by atoms with Crippen molar-refractivity contribution in [3.8, 4) is 5.75 Å². The lowest BCUT2D eigenvalue weighted by Crippen LogP contribution is -2.26. The molecule has 0 aliphatic carbocycles. The topological polar surface area (TPSA) is 84.3 Å². The molecule has 0 bridgehead atoms. The first kappa shape index (κ1) is 18.6. The first-order chi connectivity index (χ1) is 12.7. The van der Waals surface area contributed by atoms with Gasteiger partial charge in [0.25, 0.3) is 11.5 Å². The Kier molecular flexibility index (Phi) is 4.69. The molecule has 6 nitrogen and oxygen atoms in total. The lowest BCUT2D eigenvalue weighted by Gasteiger charge is -2.14. The molecule has 2 aromatic heterocycles. The molecule has 1 amide bonds. The summed E-state index contributed by atoms with van der Waals surface area (Å²) >= 11 is 0. The minimum absolute atomic E-state index is 0.341. The summed E-state index contributed by atoms with van der Waals surface area (Å²) in [5, 5.41) is 2.25. The number of alkyl halides is 3. The average molecular weight is 380 g/mol. The Hall–Kier alpha value is -3.23. The van der Waals surface area contributed by atoms with Crippen molar-refractivity contribution in [1.82, 2.24) is 10.3 Å². The Morgan fingerprint density at radius 1 is 1.26 bits per heavy atom. The predicted octanol–water partition coefficient (Wildman–Crippen LogP) is 3.64. The van der Waals surface area contributed by atoms with E-state index in [-0.39, 0.29) is 11.1 Å². The highest BCUT2D eigenvalue weighted by Crippen LogP contribution is 2.34. The summed E-state index contributed by atoms with van der Waals surface area (Å²) in [5.41, 5.74) is -1.80. The molecule has 0 aliphatic rings. The van der Waals surface area contributed by atoms with Gasteiger partial charge in [0.2, 0.25) is 5.71 Å². The maximum absolute atomic E-state index is 13.1. The molecule has 1 aromatic carbocycles. The molecule has 1 atom stereocenters. The van der Waals surface area contributed by atoms with E-state index in [1.165, 1.54) is 7.11 Å². The minimum atomic E-state index is -4.75. The van der Waals surface area contributed by atoms with Crippen LogP contribution in [0.15, 0.2) is 45.6 Å². The number of halogens is 3. The molecule has 0 spiro atoms. The van der Waals surface area contributed by atoms with Crippen LogP contribution in [0.2, 0.25) is 0 Å². The number of H-pyrrole nitrogens is 1. The van der Waals surface area contributed by atoms with Gasteiger partial charge < -0.3 is 14.5 Å². The van der Waals surface area contributed by atoms with Gasteiger partial charge in [-0.25, -0.2) is 0 Å². The largest absolute Gasteiger partial charge is 0.497 e. The van der Waals surface area contributed by atoms with E-state index in [2.05, 4.69) is 10.3 Å². The molecule has 0 fully saturated rings. The lowest BCUT2D eigenvalue weighted by atomic mass is 10.1. The van der Waals surface area contributed by atoms with Crippen LogP contribution < -0.4 is 15.6 Å². The summed E-state index contributed by atoms with van der Waals surface area (Å²) in [5.74, 6) is -0.452. The van der Waals surface area contributed by atoms with Crippen LogP contribution in [0.4, 0.5) is 13.2 Å². The number of carbonyl (C=O) groups is 1. The molecule has 27 heavy (non-hydrogen) atoms. The van der Waals surface area contributed by atoms with Crippen molar-refractivity contribution < 1.29 is 27.1 Å². The highest BCUT2D eigenvalue weighted by molar-refractivity contribution is 5.96. The number of ether oxygens (including phenoxy) is 1. The maximum atomic E-state index is 13.1. The monoisotopic (exact) mass is 380 g/mol. The number of furan rings is 1. The Morgan fingerprint density at radius 2 is 2.00 bits per heavy atom. The van der Waals surface area contributed by atoms with E-state index < -0.39 is 35.0 Å². The van der Waals surface area contributed by atoms with E-state index in [9.17, 15) is 22.8 Å². The third kappa shape index (κ3) is 3.81. The number of methoxy groups -OCH3 is 1. The number of carbonyl (C=O) groups excluding carboxylic acids is 1. The molecule has 0 aliphatic heterocycles. The van der Waals surface area contributed by atoms with E-state index in [0.717, 1.165) is 11.6 Å². The summed E-state index contributed by atoms with van der Waals surface area (Å²) in [4.78, 5) is 26.0. The van der Waals surface area contributed by atoms with Crippen molar-refractivity contribution >= 4 is 17.0 Å². The maximum Gasteiger partial charge on any atom is 0.417 e. The van der Waals surface area contributed by atoms with Crippen LogP contribution in [0.5, 0.6) is 5.75 Å². The number of aromatic nitrogens is 1. The molecule has 0 saturated heterocycles. The van der Waals surface area contributed by atoms with Gasteiger partial charge in [-0.2, -0.15) is 13.2 Å². The molecule has 3 rings (SSSR count). The second-order valence-electron chi connectivity index (χ2n) is 5.87. The Morgan fingerprint density at radius 3 is 2.67 bits per heavy atom. The number of hydrogen-bond acceptors (Lipinski definition) is 4. The van der Waals surface area contributed by atoms with Gasteiger partial charge in [0, 0.05) is 6.07 Å². The van der Waals surface area contributed by atoms with Gasteiger partial charge >= 0.3 is 6.18 Å². The van der Waals surface area contributed by atoms with Crippen LogP contribution in [0.25, 0.3) is 11.1 Å². The van der Waals surface area contributed by atoms with Gasteiger partial charge in [0.15, 0.2) is 5.76 Å². The summed E-state index contributed by atoms with van der Waals surface area (Å²) in [6.45, 7) is 1.71. The van der Waals surface area contributed by atoms with Crippen LogP contribution in [0.1, 0.15) is 34.6 Å². The van der Waals surface area contributed by atoms with Crippen molar-refractivity contribution in [2.75, 3.05) is 7.11 Å². The third-order valence-electron chi connectivity index (χ3n) is 4.00. The number of pyridine rings is 1. The number of aromatic amines is 1. The van der Waals surface area contributed by atoms with Gasteiger partial charge in [-0.05, 0) is 30.7 Å². The van der Waals surface area contributed by atoms with Crippen molar-refractivity contribution in [1.29, 1.82) is 0 Å². The van der Waals surface area contributed by atoms with Gasteiger partial charge in [0.05, 0.1) is 24.1 Å². The summed E-state index contributed by atoms with van der Waals surface area (Å²) < 4.78 is 49.6. The predicted molar refractivity (Wildman–Crippen MR) is 90.7 cm³/mol. The van der Waals surface area contributed by atoms with Crippen LogP contribution in [-0.4, -0.2) is 18.0 Å². The molecule has 3 aromatic rings. The van der Waals surface area contributed by atoms with E-state index in [4.69, 9.17) is 9.15 Å². The SMILES string of the molecule is COc1cccc(C(C)NC(=O)c2cc3c(C(F)(F)F)cc(=O)[nH]c3o2)c1. The number of rotatable bonds is 4. The molecular formula is C18H15F3N2O4. The van der Waals surface area contributed by atoms with Crippen molar-refractivity contribution in [2.24, 2.45) is 0 Å². The molecule has 142 valence electrons. The normalized spacial score (nSPS) is 12.8. The zero-order valence-corrected chi connectivity index (χ0v) is 14.3. The van der Waals surface area contributed by atoms with Crippen molar-refractivity contribution in [2.45, 2.75) is 19.1 Å². The van der Waals surface area contributed by atoms with Gasteiger partial charge in [0.1, 0.15) is 5.75 Å². The first-order valence-corrected chi connectivity index (χ1v) is 7.88. The molecule has 9 heteroatoms. The standard InChI is InChI=1S/C18H15F3N2O4/c1-9(10-4-3-5-11(6-10)26-2)22-16(25)14-7-12-13(18(19,20)21)8-15(24)23-17(12)27-14/h3-9H,1-2H3,(H,22,25)(H,23,24). The first-order valence-electron chi connectivity index (χ1n) is 7.88. The molecule has 2 heterocycles. The number of nitrogens with one attached hydrogen (secondary N) is 2. The molecule has 0 radical (unpaired) electrons. The van der Waals surface area contributed by atoms with E-state index in [1.807, 2.05) is 0 Å². The van der Waals surface area contributed by atoms with Crippen LogP contribution in [0, 0.1) is 0 Å². The van der Waals surface area contributed by atoms with Crippen LogP contribution in [-0.2, 0) is 6.18 Å². The quantitative estimate of drug-likeness (QED) is 0.724. The summed E-state index contributed by atoms with van der Waals surface area (Å²) in [6, 6.07) is 7.92. The van der Waals surface area contributed by atoms with E-state index in [1.54, 1.807) is 31.2 Å². The minimum Gasteiger partial charge on any atom is -0.497 e. The lowest BCUT2D eigenvalue weighted by molar-refractivity contribution is -0.136. The van der Waals surface area contributed by atoms with Crippen LogP contribution >= 0.6 is 0 Å². The summed E-state index contributed by atoms with van der Waals surface area (Å²) in [7, 11) is 1.51.